The molecular weight excluding hydrogens is 456 g/mol. The summed E-state index contributed by atoms with van der Waals surface area (Å²) in [5.41, 5.74) is 0.472. The number of amides is 2. The van der Waals surface area contributed by atoms with E-state index in [-0.39, 0.29) is 18.0 Å². The minimum Gasteiger partial charge on any atom is -0.495 e. The number of fused-ring (bicyclic) bond motifs is 1. The Bertz CT molecular complexity index is 1240. The van der Waals surface area contributed by atoms with Crippen molar-refractivity contribution >= 4 is 50.7 Å². The van der Waals surface area contributed by atoms with Crippen LogP contribution in [0.4, 0.5) is 5.69 Å². The Labute approximate surface area is 193 Å². The summed E-state index contributed by atoms with van der Waals surface area (Å²) in [6.07, 6.45) is 2.12. The van der Waals surface area contributed by atoms with Crippen LogP contribution in [0, 0.1) is 6.92 Å². The van der Waals surface area contributed by atoms with Crippen LogP contribution in [0.15, 0.2) is 23.3 Å². The summed E-state index contributed by atoms with van der Waals surface area (Å²) in [6.45, 7) is 4.01. The van der Waals surface area contributed by atoms with Gasteiger partial charge in [-0.2, -0.15) is 0 Å². The zero-order valence-corrected chi connectivity index (χ0v) is 19.6. The summed E-state index contributed by atoms with van der Waals surface area (Å²) < 4.78 is 11.7. The summed E-state index contributed by atoms with van der Waals surface area (Å²) in [5.74, 6) is 0.0744. The highest BCUT2D eigenvalue weighted by Gasteiger charge is 2.21. The topological polar surface area (TPSA) is 112 Å². The van der Waals surface area contributed by atoms with Crippen LogP contribution in [0.3, 0.4) is 0 Å². The van der Waals surface area contributed by atoms with Crippen LogP contribution in [0.1, 0.15) is 28.6 Å². The van der Waals surface area contributed by atoms with Gasteiger partial charge in [0.15, 0.2) is 0 Å². The maximum atomic E-state index is 13.0. The lowest BCUT2D eigenvalue weighted by molar-refractivity contribution is -0.121. The fraction of sp³-hybridized carbons (Fsp3) is 0.333. The molecule has 32 heavy (non-hydrogen) atoms. The van der Waals surface area contributed by atoms with Crippen molar-refractivity contribution in [3.63, 3.8) is 0 Å². The molecule has 3 rings (SSSR count). The number of anilines is 1. The van der Waals surface area contributed by atoms with Crippen molar-refractivity contribution in [3.8, 4) is 11.5 Å². The zero-order valence-electron chi connectivity index (χ0n) is 18.1. The molecule has 3 aromatic rings. The number of nitrogens with zero attached hydrogens (tertiary/aromatic N) is 2. The molecule has 0 radical (unpaired) electrons. The SMILES string of the molecule is CCCNC(=O)Cn1cnc2sc(C(=O)Nc3cc(Cl)c(OC)cc3OC)c(C)c2c1=O. The largest absolute Gasteiger partial charge is 0.495 e. The van der Waals surface area contributed by atoms with Gasteiger partial charge in [-0.1, -0.05) is 18.5 Å². The van der Waals surface area contributed by atoms with Gasteiger partial charge in [0.05, 0.1) is 41.5 Å². The molecule has 0 fully saturated rings. The van der Waals surface area contributed by atoms with E-state index in [0.29, 0.717) is 49.4 Å². The van der Waals surface area contributed by atoms with Gasteiger partial charge in [0.1, 0.15) is 22.9 Å². The van der Waals surface area contributed by atoms with Crippen molar-refractivity contribution < 1.29 is 19.1 Å². The van der Waals surface area contributed by atoms with E-state index in [2.05, 4.69) is 15.6 Å². The first kappa shape index (κ1) is 23.6. The minimum absolute atomic E-state index is 0.139. The van der Waals surface area contributed by atoms with E-state index >= 15 is 0 Å². The second-order valence-electron chi connectivity index (χ2n) is 6.91. The highest BCUT2D eigenvalue weighted by molar-refractivity contribution is 7.20. The van der Waals surface area contributed by atoms with Crippen LogP contribution in [0.5, 0.6) is 11.5 Å². The lowest BCUT2D eigenvalue weighted by Gasteiger charge is -2.13. The summed E-state index contributed by atoms with van der Waals surface area (Å²) in [5, 5.41) is 6.11. The standard InChI is InChI=1S/C21H23ClN4O5S/c1-5-6-23-16(27)9-26-10-24-20-17(21(26)29)11(2)18(32-20)19(28)25-13-7-12(22)14(30-3)8-15(13)31-4/h7-8,10H,5-6,9H2,1-4H3,(H,23,27)(H,25,28). The number of thiophene rings is 1. The highest BCUT2D eigenvalue weighted by atomic mass is 35.5. The molecule has 9 nitrogen and oxygen atoms in total. The van der Waals surface area contributed by atoms with Crippen molar-refractivity contribution in [1.29, 1.82) is 0 Å². The summed E-state index contributed by atoms with van der Waals surface area (Å²) in [6, 6.07) is 3.10. The number of benzene rings is 1. The molecule has 170 valence electrons. The Kier molecular flexibility index (Phi) is 7.37. The first-order valence-electron chi connectivity index (χ1n) is 9.78. The maximum absolute atomic E-state index is 13.0. The minimum atomic E-state index is -0.434. The normalized spacial score (nSPS) is 10.8. The van der Waals surface area contributed by atoms with Crippen LogP contribution >= 0.6 is 22.9 Å². The average molecular weight is 479 g/mol. The fourth-order valence-corrected chi connectivity index (χ4v) is 4.38. The molecule has 2 aromatic heterocycles. The monoisotopic (exact) mass is 478 g/mol. The summed E-state index contributed by atoms with van der Waals surface area (Å²) >= 11 is 7.28. The molecule has 2 amide bonds. The lowest BCUT2D eigenvalue weighted by Crippen LogP contribution is -2.32. The fourth-order valence-electron chi connectivity index (χ4n) is 3.10. The molecule has 2 heterocycles. The molecule has 0 saturated heterocycles. The number of carbonyl (C=O) groups is 2. The number of aryl methyl sites for hydroxylation is 1. The number of rotatable bonds is 8. The van der Waals surface area contributed by atoms with Crippen LogP contribution < -0.4 is 25.7 Å². The van der Waals surface area contributed by atoms with E-state index < -0.39 is 5.91 Å². The van der Waals surface area contributed by atoms with E-state index in [1.165, 1.54) is 31.2 Å². The van der Waals surface area contributed by atoms with E-state index in [0.717, 1.165) is 17.8 Å². The summed E-state index contributed by atoms with van der Waals surface area (Å²) in [7, 11) is 2.94. The third-order valence-electron chi connectivity index (χ3n) is 4.73. The number of hydrogen-bond donors (Lipinski definition) is 2. The zero-order chi connectivity index (χ0) is 23.4. The number of halogens is 1. The van der Waals surface area contributed by atoms with Gasteiger partial charge in [0.25, 0.3) is 11.5 Å². The third-order valence-corrected chi connectivity index (χ3v) is 6.23. The van der Waals surface area contributed by atoms with Gasteiger partial charge in [0, 0.05) is 12.6 Å². The van der Waals surface area contributed by atoms with Gasteiger partial charge in [0.2, 0.25) is 5.91 Å². The maximum Gasteiger partial charge on any atom is 0.266 e. The quantitative estimate of drug-likeness (QED) is 0.514. The second-order valence-corrected chi connectivity index (χ2v) is 8.31. The molecular formula is C21H23ClN4O5S. The van der Waals surface area contributed by atoms with Gasteiger partial charge < -0.3 is 20.1 Å². The van der Waals surface area contributed by atoms with Crippen LogP contribution in [-0.2, 0) is 11.3 Å². The molecule has 0 atom stereocenters. The number of hydrogen-bond acceptors (Lipinski definition) is 7. The van der Waals surface area contributed by atoms with Crippen LogP contribution in [0.2, 0.25) is 5.02 Å². The van der Waals surface area contributed by atoms with E-state index in [1.807, 2.05) is 6.92 Å². The predicted octanol–water partition coefficient (Wildman–Crippen LogP) is 3.22. The molecule has 0 spiro atoms. The molecule has 2 N–H and O–H groups in total. The lowest BCUT2D eigenvalue weighted by atomic mass is 10.2. The Hall–Kier alpha value is -3.11. The molecule has 1 aromatic carbocycles. The first-order valence-corrected chi connectivity index (χ1v) is 11.0. The van der Waals surface area contributed by atoms with E-state index in [1.54, 1.807) is 13.0 Å². The Morgan fingerprint density at radius 2 is 1.94 bits per heavy atom. The van der Waals surface area contributed by atoms with E-state index in [9.17, 15) is 14.4 Å². The van der Waals surface area contributed by atoms with Crippen LogP contribution in [0.25, 0.3) is 10.2 Å². The van der Waals surface area contributed by atoms with Crippen molar-refractivity contribution in [2.24, 2.45) is 0 Å². The molecule has 0 saturated carbocycles. The van der Waals surface area contributed by atoms with Gasteiger partial charge >= 0.3 is 0 Å². The van der Waals surface area contributed by atoms with Crippen LogP contribution in [-0.4, -0.2) is 42.1 Å². The molecule has 0 unspecified atom stereocenters. The van der Waals surface area contributed by atoms with E-state index in [4.69, 9.17) is 21.1 Å². The Morgan fingerprint density at radius 3 is 2.59 bits per heavy atom. The number of carbonyl (C=O) groups excluding carboxylic acids is 2. The Balaban J connectivity index is 1.93. The number of methoxy groups -OCH3 is 2. The number of ether oxygens (including phenoxy) is 2. The number of aromatic nitrogens is 2. The predicted molar refractivity (Wildman–Crippen MR) is 124 cm³/mol. The third kappa shape index (κ3) is 4.71. The van der Waals surface area contributed by atoms with Gasteiger partial charge in [-0.25, -0.2) is 4.98 Å². The number of nitrogens with one attached hydrogen (secondary N) is 2. The Morgan fingerprint density at radius 1 is 1.22 bits per heavy atom. The smallest absolute Gasteiger partial charge is 0.266 e. The highest BCUT2D eigenvalue weighted by Crippen LogP contribution is 2.37. The van der Waals surface area contributed by atoms with Gasteiger partial charge in [-0.15, -0.1) is 11.3 Å². The molecule has 11 heteroatoms. The second kappa shape index (κ2) is 10.0. The average Bonchev–Trinajstić information content (AvgIpc) is 3.11. The molecule has 0 aliphatic carbocycles. The molecule has 0 aliphatic heterocycles. The van der Waals surface area contributed by atoms with Gasteiger partial charge in [-0.05, 0) is 25.0 Å². The van der Waals surface area contributed by atoms with Crippen molar-refractivity contribution in [3.05, 3.63) is 44.3 Å². The van der Waals surface area contributed by atoms with Crippen molar-refractivity contribution in [2.75, 3.05) is 26.1 Å². The van der Waals surface area contributed by atoms with Crippen molar-refractivity contribution in [2.45, 2.75) is 26.8 Å². The van der Waals surface area contributed by atoms with Crippen molar-refractivity contribution in [1.82, 2.24) is 14.9 Å². The first-order chi connectivity index (χ1) is 15.3. The van der Waals surface area contributed by atoms with Gasteiger partial charge in [-0.3, -0.25) is 19.0 Å². The molecule has 0 aliphatic rings. The summed E-state index contributed by atoms with van der Waals surface area (Å²) in [4.78, 5) is 43.0. The molecule has 0 bridgehead atoms.